The van der Waals surface area contributed by atoms with Crippen molar-refractivity contribution in [1.82, 2.24) is 0 Å². The number of hydrogen-bond donors (Lipinski definition) is 2. The van der Waals surface area contributed by atoms with E-state index in [0.29, 0.717) is 6.29 Å². The van der Waals surface area contributed by atoms with Gasteiger partial charge in [0, 0.05) is 5.56 Å². The molecule has 0 saturated carbocycles. The van der Waals surface area contributed by atoms with E-state index in [1.54, 1.807) is 0 Å². The van der Waals surface area contributed by atoms with Gasteiger partial charge in [-0.3, -0.25) is 9.35 Å². The molecule has 0 fully saturated rings. The molecule has 0 saturated heterocycles. The van der Waals surface area contributed by atoms with Crippen molar-refractivity contribution >= 4 is 22.1 Å². The largest absolute Gasteiger partial charge is 0.398 e. The van der Waals surface area contributed by atoms with Gasteiger partial charge in [0.2, 0.25) is 0 Å². The molecule has 0 spiro atoms. The minimum Gasteiger partial charge on any atom is -0.398 e. The molecule has 0 aliphatic rings. The Morgan fingerprint density at radius 2 is 2.00 bits per heavy atom. The number of aldehydes is 1. The summed E-state index contributed by atoms with van der Waals surface area (Å²) in [6, 6.07) is 3.97. The number of anilines is 1. The first kappa shape index (κ1) is 9.69. The molecule has 0 unspecified atom stereocenters. The zero-order chi connectivity index (χ0) is 10.1. The van der Waals surface area contributed by atoms with Crippen molar-refractivity contribution in [1.29, 1.82) is 0 Å². The lowest BCUT2D eigenvalue weighted by molar-refractivity contribution is 0.112. The van der Waals surface area contributed by atoms with Crippen LogP contribution in [0.3, 0.4) is 0 Å². The highest BCUT2D eigenvalue weighted by atomic mass is 32.2. The Labute approximate surface area is 74.9 Å². The average molecular weight is 201 g/mol. The molecule has 6 heteroatoms. The van der Waals surface area contributed by atoms with Crippen LogP contribution in [0.2, 0.25) is 0 Å². The molecule has 5 nitrogen and oxygen atoms in total. The van der Waals surface area contributed by atoms with Gasteiger partial charge in [-0.15, -0.1) is 0 Å². The maximum Gasteiger partial charge on any atom is 0.297 e. The molecular weight excluding hydrogens is 194 g/mol. The third kappa shape index (κ3) is 1.85. The molecule has 1 aromatic carbocycles. The van der Waals surface area contributed by atoms with Gasteiger partial charge in [-0.05, 0) is 6.07 Å². The van der Waals surface area contributed by atoms with E-state index in [9.17, 15) is 13.2 Å². The van der Waals surface area contributed by atoms with Crippen LogP contribution in [-0.2, 0) is 10.1 Å². The summed E-state index contributed by atoms with van der Waals surface area (Å²) in [6.45, 7) is 0. The summed E-state index contributed by atoms with van der Waals surface area (Å²) in [5.41, 5.74) is 4.99. The summed E-state index contributed by atoms with van der Waals surface area (Å²) in [5.74, 6) is 0. The fourth-order valence-corrected chi connectivity index (χ4v) is 1.74. The fourth-order valence-electron chi connectivity index (χ4n) is 0.964. The van der Waals surface area contributed by atoms with Crippen LogP contribution in [0, 0.1) is 0 Å². The van der Waals surface area contributed by atoms with E-state index < -0.39 is 15.0 Å². The average Bonchev–Trinajstić information content (AvgIpc) is 2.01. The molecule has 0 atom stereocenters. The number of rotatable bonds is 2. The summed E-state index contributed by atoms with van der Waals surface area (Å²) < 4.78 is 30.2. The number of carbonyl (C=O) groups is 1. The van der Waals surface area contributed by atoms with Gasteiger partial charge in [0.05, 0.1) is 5.69 Å². The van der Waals surface area contributed by atoms with Crippen molar-refractivity contribution in [2.24, 2.45) is 0 Å². The van der Waals surface area contributed by atoms with E-state index in [1.807, 2.05) is 0 Å². The summed E-state index contributed by atoms with van der Waals surface area (Å²) >= 11 is 0. The number of benzene rings is 1. The van der Waals surface area contributed by atoms with Gasteiger partial charge in [-0.25, -0.2) is 0 Å². The third-order valence-electron chi connectivity index (χ3n) is 1.46. The first-order valence-electron chi connectivity index (χ1n) is 3.28. The first-order valence-corrected chi connectivity index (χ1v) is 4.72. The van der Waals surface area contributed by atoms with Crippen molar-refractivity contribution in [2.75, 3.05) is 5.73 Å². The quantitative estimate of drug-likeness (QED) is 0.408. The molecule has 0 amide bonds. The van der Waals surface area contributed by atoms with E-state index in [1.165, 1.54) is 18.2 Å². The predicted molar refractivity (Wildman–Crippen MR) is 46.1 cm³/mol. The van der Waals surface area contributed by atoms with Gasteiger partial charge in [-0.2, -0.15) is 8.42 Å². The molecule has 0 aromatic heterocycles. The summed E-state index contributed by atoms with van der Waals surface area (Å²) in [5, 5.41) is 0. The van der Waals surface area contributed by atoms with Crippen molar-refractivity contribution in [3.63, 3.8) is 0 Å². The molecule has 0 radical (unpaired) electrons. The van der Waals surface area contributed by atoms with Gasteiger partial charge in [0.1, 0.15) is 4.90 Å². The molecule has 0 aliphatic carbocycles. The van der Waals surface area contributed by atoms with Crippen LogP contribution >= 0.6 is 0 Å². The molecular formula is C7H7NO4S. The van der Waals surface area contributed by atoms with Crippen LogP contribution in [0.4, 0.5) is 5.69 Å². The van der Waals surface area contributed by atoms with Crippen LogP contribution in [0.1, 0.15) is 10.4 Å². The molecule has 0 aliphatic heterocycles. The van der Waals surface area contributed by atoms with Crippen molar-refractivity contribution in [2.45, 2.75) is 4.90 Å². The summed E-state index contributed by atoms with van der Waals surface area (Å²) in [6.07, 6.45) is 0.319. The second-order valence-electron chi connectivity index (χ2n) is 2.36. The predicted octanol–water partition coefficient (Wildman–Crippen LogP) is 0.328. The number of nitrogen functional groups attached to an aromatic ring is 1. The fraction of sp³-hybridized carbons (Fsp3) is 0. The van der Waals surface area contributed by atoms with Gasteiger partial charge in [0.25, 0.3) is 10.1 Å². The zero-order valence-corrected chi connectivity index (χ0v) is 7.28. The topological polar surface area (TPSA) is 97.5 Å². The highest BCUT2D eigenvalue weighted by Gasteiger charge is 2.17. The maximum atomic E-state index is 10.8. The minimum absolute atomic E-state index is 0.146. The maximum absolute atomic E-state index is 10.8. The molecule has 0 bridgehead atoms. The normalized spacial score (nSPS) is 11.2. The first-order chi connectivity index (χ1) is 5.96. The number of hydrogen-bond acceptors (Lipinski definition) is 4. The standard InChI is InChI=1S/C7H7NO4S/c8-6-3-1-2-5(4-9)7(6)13(10,11)12/h1-4H,8H2,(H,10,11,12). The zero-order valence-electron chi connectivity index (χ0n) is 6.47. The Balaban J connectivity index is 3.59. The second kappa shape index (κ2) is 3.15. The summed E-state index contributed by atoms with van der Waals surface area (Å²) in [7, 11) is -4.43. The Bertz CT molecular complexity index is 438. The van der Waals surface area contributed by atoms with Crippen LogP contribution in [-0.4, -0.2) is 19.3 Å². The monoisotopic (exact) mass is 201 g/mol. The van der Waals surface area contributed by atoms with Crippen molar-refractivity contribution in [3.05, 3.63) is 23.8 Å². The Morgan fingerprint density at radius 1 is 1.38 bits per heavy atom. The van der Waals surface area contributed by atoms with E-state index in [0.717, 1.165) is 0 Å². The lowest BCUT2D eigenvalue weighted by Crippen LogP contribution is -2.06. The smallest absolute Gasteiger partial charge is 0.297 e. The number of carbonyl (C=O) groups excluding carboxylic acids is 1. The Morgan fingerprint density at radius 3 is 2.38 bits per heavy atom. The van der Waals surface area contributed by atoms with Gasteiger partial charge < -0.3 is 5.73 Å². The molecule has 1 aromatic rings. The van der Waals surface area contributed by atoms with E-state index in [4.69, 9.17) is 10.3 Å². The Kier molecular flexibility index (Phi) is 2.35. The van der Waals surface area contributed by atoms with Crippen molar-refractivity contribution in [3.8, 4) is 0 Å². The van der Waals surface area contributed by atoms with Gasteiger partial charge in [-0.1, -0.05) is 12.1 Å². The van der Waals surface area contributed by atoms with Crippen LogP contribution in [0.5, 0.6) is 0 Å². The lowest BCUT2D eigenvalue weighted by atomic mass is 10.2. The second-order valence-corrected chi connectivity index (χ2v) is 3.72. The minimum atomic E-state index is -4.43. The van der Waals surface area contributed by atoms with E-state index in [-0.39, 0.29) is 11.3 Å². The molecule has 0 heterocycles. The van der Waals surface area contributed by atoms with Gasteiger partial charge >= 0.3 is 0 Å². The molecule has 70 valence electrons. The number of nitrogens with two attached hydrogens (primary N) is 1. The molecule has 13 heavy (non-hydrogen) atoms. The molecule has 1 rings (SSSR count). The van der Waals surface area contributed by atoms with Gasteiger partial charge in [0.15, 0.2) is 6.29 Å². The van der Waals surface area contributed by atoms with Crippen LogP contribution in [0.25, 0.3) is 0 Å². The third-order valence-corrected chi connectivity index (χ3v) is 2.45. The molecule has 3 N–H and O–H groups in total. The summed E-state index contributed by atoms with van der Waals surface area (Å²) in [4.78, 5) is 9.86. The highest BCUT2D eigenvalue weighted by Crippen LogP contribution is 2.20. The van der Waals surface area contributed by atoms with Crippen molar-refractivity contribution < 1.29 is 17.8 Å². The Hall–Kier alpha value is -1.40. The van der Waals surface area contributed by atoms with E-state index in [2.05, 4.69) is 0 Å². The lowest BCUT2D eigenvalue weighted by Gasteiger charge is -2.03. The van der Waals surface area contributed by atoms with E-state index >= 15 is 0 Å². The SMILES string of the molecule is Nc1cccc(C=O)c1S(=O)(=O)O. The van der Waals surface area contributed by atoms with Crippen LogP contribution in [0.15, 0.2) is 23.1 Å². The highest BCUT2D eigenvalue weighted by molar-refractivity contribution is 7.86. The van der Waals surface area contributed by atoms with Crippen LogP contribution < -0.4 is 5.73 Å².